The van der Waals surface area contributed by atoms with E-state index < -0.39 is 0 Å². The van der Waals surface area contributed by atoms with Gasteiger partial charge < -0.3 is 18.9 Å². The predicted octanol–water partition coefficient (Wildman–Crippen LogP) is 24.8. The number of methoxy groups -OCH3 is 4. The predicted molar refractivity (Wildman–Crippen MR) is 532 cm³/mol. The van der Waals surface area contributed by atoms with Gasteiger partial charge in [-0.2, -0.15) is 36.8 Å². The molecule has 0 fully saturated rings. The number of hydrogen-bond donors (Lipinski definition) is 0. The summed E-state index contributed by atoms with van der Waals surface area (Å²) in [7, 11) is 6.22. The Balaban J connectivity index is 0.000000195. The smallest absolute Gasteiger partial charge is 0.189 e. The molecule has 136 heavy (non-hydrogen) atoms. The van der Waals surface area contributed by atoms with Gasteiger partial charge in [0, 0.05) is 27.8 Å². The minimum Gasteiger partial charge on any atom is -0.497 e. The number of ketones is 7. The number of carbonyl (C=O) groups excluding carboxylic acids is 7. The Morgan fingerprint density at radius 3 is 0.801 bits per heavy atom. The van der Waals surface area contributed by atoms with Crippen molar-refractivity contribution in [2.24, 2.45) is 0 Å². The van der Waals surface area contributed by atoms with E-state index >= 15 is 0 Å². The van der Waals surface area contributed by atoms with E-state index in [4.69, 9.17) is 55.8 Å². The van der Waals surface area contributed by atoms with Crippen molar-refractivity contribution >= 4 is 83.0 Å². The molecule has 0 saturated carbocycles. The van der Waals surface area contributed by atoms with E-state index in [1.807, 2.05) is 135 Å². The lowest BCUT2D eigenvalue weighted by Crippen LogP contribution is -1.98. The van der Waals surface area contributed by atoms with E-state index in [1.54, 1.807) is 287 Å². The average molecular weight is 1780 g/mol. The molecule has 14 rings (SSSR count). The van der Waals surface area contributed by atoms with Gasteiger partial charge >= 0.3 is 0 Å². The highest BCUT2D eigenvalue weighted by Crippen LogP contribution is 2.24. The number of rotatable bonds is 25. The van der Waals surface area contributed by atoms with Crippen LogP contribution in [0.2, 0.25) is 0 Å². The van der Waals surface area contributed by atoms with Crippen LogP contribution in [0.1, 0.15) is 162 Å². The van der Waals surface area contributed by atoms with E-state index in [0.29, 0.717) is 101 Å². The summed E-state index contributed by atoms with van der Waals surface area (Å²) in [6, 6.07) is 116. The minimum atomic E-state index is -0.134. The van der Waals surface area contributed by atoms with Crippen molar-refractivity contribution in [3.63, 3.8) is 0 Å². The van der Waals surface area contributed by atoms with Crippen LogP contribution in [0.15, 0.2) is 388 Å². The number of para-hydroxylation sites is 2. The SMILES string of the molecule is COc1cc(C)cc(C(=O)/C=C/c2ccc(C#N)cc2)c1.COc1cccc(C(=O)/C=C/c2ccc(C#N)cc2)c1.COc1ccccc1C(=O)/C=C/c1ccc(C#N)cc1.COc1ccccc1C(=O)/C=C/c1cccc(C#N)c1.Cc1ccc(C(=O)/C=C/c2ccc(C#N)cc2)cc1.N#Cc1ccc(/C=C/C(=O)c2ccccc2)cc1.N#Cc1cccc(/C=C/C(=O)c2ccccc2)c1. The van der Waals surface area contributed by atoms with E-state index in [2.05, 4.69) is 42.5 Å². The molecule has 0 atom stereocenters. The maximum atomic E-state index is 12.2. The molecule has 0 aliphatic rings. The van der Waals surface area contributed by atoms with Gasteiger partial charge in [0.05, 0.1) is 121 Å². The molecule has 0 aromatic heterocycles. The van der Waals surface area contributed by atoms with Gasteiger partial charge in [0.1, 0.15) is 23.0 Å². The lowest BCUT2D eigenvalue weighted by molar-refractivity contribution is 0.103. The molecule has 14 aromatic carbocycles. The van der Waals surface area contributed by atoms with Crippen LogP contribution in [0.4, 0.5) is 0 Å². The van der Waals surface area contributed by atoms with Crippen LogP contribution in [-0.2, 0) is 0 Å². The van der Waals surface area contributed by atoms with Crippen molar-refractivity contribution in [3.8, 4) is 65.5 Å². The van der Waals surface area contributed by atoms with Crippen LogP contribution in [0.5, 0.6) is 23.0 Å². The van der Waals surface area contributed by atoms with Crippen LogP contribution >= 0.6 is 0 Å². The second kappa shape index (κ2) is 56.0. The molecule has 0 heterocycles. The molecular formula is C118H89N7O11. The van der Waals surface area contributed by atoms with Crippen LogP contribution in [0.3, 0.4) is 0 Å². The molecule has 0 unspecified atom stereocenters. The standard InChI is InChI=1S/C18H15NO2.3C17H13NO2.C17H13NO.2C16H11NO/c1-13-9-16(11-17(10-13)21-2)18(20)8-7-14-3-5-15(12-19)6-4-14;1-20-17-8-3-2-7-15(17)16(19)10-9-13-5-4-6-14(11-13)12-18;1-20-16-4-2-3-15(11-16)17(19)10-9-13-5-7-14(12-18)8-6-13;1-20-17-5-3-2-4-15(17)16(19)11-10-13-6-8-14(12-18)9-7-13;1-13-2-9-16(10-3-13)17(19)11-8-14-4-6-15(12-18)7-5-14;17-12-14-6-4-5-13(11-14)9-10-16(18)15-7-2-1-3-8-15;17-12-14-8-6-13(7-9-14)10-11-16(18)15-4-2-1-3-5-15/h3-11H,1-2H3;3*2-11H,1H3;2-11H,1H3;2*1-11H/b8-7+;2*10-9+;11-10+;11-8+;10-9+;11-10+. The maximum Gasteiger partial charge on any atom is 0.189 e. The number of benzene rings is 14. The number of carbonyl (C=O) groups is 7. The van der Waals surface area contributed by atoms with E-state index in [-0.39, 0.29) is 40.5 Å². The summed E-state index contributed by atoms with van der Waals surface area (Å²) in [5, 5.41) is 61.1. The van der Waals surface area contributed by atoms with Crippen molar-refractivity contribution in [1.29, 1.82) is 36.8 Å². The fraction of sp³-hybridized carbons (Fsp3) is 0.0508. The second-order valence-electron chi connectivity index (χ2n) is 29.0. The lowest BCUT2D eigenvalue weighted by atomic mass is 10.1. The molecule has 0 aliphatic heterocycles. The van der Waals surface area contributed by atoms with Gasteiger partial charge in [0.15, 0.2) is 40.5 Å². The van der Waals surface area contributed by atoms with Crippen LogP contribution in [-0.4, -0.2) is 68.9 Å². The summed E-state index contributed by atoms with van der Waals surface area (Å²) in [6.07, 6.45) is 22.7. The molecule has 18 nitrogen and oxygen atoms in total. The molecule has 0 N–H and O–H groups in total. The topological polar surface area (TPSA) is 323 Å². The summed E-state index contributed by atoms with van der Waals surface area (Å²) < 4.78 is 20.6. The highest BCUT2D eigenvalue weighted by atomic mass is 16.5. The summed E-state index contributed by atoms with van der Waals surface area (Å²) >= 11 is 0. The fourth-order valence-electron chi connectivity index (χ4n) is 12.0. The summed E-state index contributed by atoms with van der Waals surface area (Å²) in [5.41, 5.74) is 16.6. The maximum absolute atomic E-state index is 12.2. The number of aryl methyl sites for hydroxylation is 2. The Morgan fingerprint density at radius 1 is 0.206 bits per heavy atom. The number of nitriles is 7. The first-order valence-electron chi connectivity index (χ1n) is 41.9. The Labute approximate surface area is 791 Å². The second-order valence-corrected chi connectivity index (χ2v) is 29.0. The molecule has 0 spiro atoms. The largest absolute Gasteiger partial charge is 0.497 e. The summed E-state index contributed by atoms with van der Waals surface area (Å²) in [4.78, 5) is 83.9. The molecular weight excluding hydrogens is 1690 g/mol. The average Bonchev–Trinajstić information content (AvgIpc) is 0.854. The van der Waals surface area contributed by atoms with Gasteiger partial charge in [0.2, 0.25) is 0 Å². The monoisotopic (exact) mass is 1780 g/mol. The third-order valence-corrected chi connectivity index (χ3v) is 19.3. The number of allylic oxidation sites excluding steroid dienone is 7. The van der Waals surface area contributed by atoms with Gasteiger partial charge in [-0.3, -0.25) is 33.6 Å². The van der Waals surface area contributed by atoms with Gasteiger partial charge in [0.25, 0.3) is 0 Å². The lowest BCUT2D eigenvalue weighted by Gasteiger charge is -2.04. The van der Waals surface area contributed by atoms with Gasteiger partial charge in [-0.1, -0.05) is 254 Å². The third-order valence-electron chi connectivity index (χ3n) is 19.3. The quantitative estimate of drug-likeness (QED) is 0.0379. The summed E-state index contributed by atoms with van der Waals surface area (Å²) in [6.45, 7) is 3.91. The minimum absolute atomic E-state index is 0.0237. The van der Waals surface area contributed by atoms with Crippen molar-refractivity contribution in [3.05, 3.63) is 516 Å². The molecule has 0 aliphatic carbocycles. The number of ether oxygens (including phenoxy) is 4. The Hall–Kier alpha value is -19.4. The van der Waals surface area contributed by atoms with Gasteiger partial charge in [-0.05, 0) is 240 Å². The zero-order valence-corrected chi connectivity index (χ0v) is 75.1. The van der Waals surface area contributed by atoms with Crippen molar-refractivity contribution in [1.82, 2.24) is 0 Å². The first kappa shape index (κ1) is 102. The molecule has 14 aromatic rings. The van der Waals surface area contributed by atoms with Crippen molar-refractivity contribution < 1.29 is 52.5 Å². The Bertz CT molecular complexity index is 7030. The Kier molecular flexibility index (Phi) is 42.0. The summed E-state index contributed by atoms with van der Waals surface area (Å²) in [5.74, 6) is 1.91. The van der Waals surface area contributed by atoms with Gasteiger partial charge in [-0.15, -0.1) is 0 Å². The molecule has 18 heteroatoms. The molecule has 0 amide bonds. The number of nitrogens with zero attached hydrogens (tertiary/aromatic N) is 7. The van der Waals surface area contributed by atoms with E-state index in [0.717, 1.165) is 50.1 Å². The zero-order valence-electron chi connectivity index (χ0n) is 75.1. The van der Waals surface area contributed by atoms with Crippen LogP contribution in [0.25, 0.3) is 42.5 Å². The van der Waals surface area contributed by atoms with E-state index in [9.17, 15) is 33.6 Å². The van der Waals surface area contributed by atoms with Gasteiger partial charge in [-0.25, -0.2) is 0 Å². The first-order valence-corrected chi connectivity index (χ1v) is 41.9. The Morgan fingerprint density at radius 2 is 0.478 bits per heavy atom. The highest BCUT2D eigenvalue weighted by Gasteiger charge is 2.13. The van der Waals surface area contributed by atoms with Crippen LogP contribution in [0, 0.1) is 93.2 Å². The van der Waals surface area contributed by atoms with Crippen molar-refractivity contribution in [2.75, 3.05) is 28.4 Å². The first-order chi connectivity index (χ1) is 66.1. The fourth-order valence-corrected chi connectivity index (χ4v) is 12.0. The van der Waals surface area contributed by atoms with E-state index in [1.165, 1.54) is 50.7 Å². The third kappa shape index (κ3) is 35.0. The normalized spacial score (nSPS) is 10.2. The zero-order chi connectivity index (χ0) is 97.6. The molecule has 0 bridgehead atoms. The highest BCUT2D eigenvalue weighted by molar-refractivity contribution is 6.11. The number of hydrogen-bond acceptors (Lipinski definition) is 18. The molecule has 662 valence electrons. The molecule has 0 saturated heterocycles. The van der Waals surface area contributed by atoms with Crippen molar-refractivity contribution in [2.45, 2.75) is 13.8 Å². The molecule has 0 radical (unpaired) electrons. The van der Waals surface area contributed by atoms with Crippen LogP contribution < -0.4 is 18.9 Å².